The molecule has 33 heavy (non-hydrogen) atoms. The minimum absolute atomic E-state index is 0.102. The zero-order valence-electron chi connectivity index (χ0n) is 18.8. The van der Waals surface area contributed by atoms with E-state index in [0.717, 1.165) is 43.6 Å². The first kappa shape index (κ1) is 23.7. The molecule has 0 unspecified atom stereocenters. The summed E-state index contributed by atoms with van der Waals surface area (Å²) in [6.07, 6.45) is 3.20. The van der Waals surface area contributed by atoms with Crippen LogP contribution in [0.15, 0.2) is 47.4 Å². The van der Waals surface area contributed by atoms with Crippen LogP contribution in [0.25, 0.3) is 0 Å². The predicted octanol–water partition coefficient (Wildman–Crippen LogP) is 3.33. The van der Waals surface area contributed by atoms with Crippen LogP contribution in [-0.4, -0.2) is 58.0 Å². The standard InChI is InChI=1S/C24H30FN3O4S/c1-18(19-5-7-20(25)8-6-19)26-24(29)22-17-21(33(30,31)28-13-15-32-16-14-28)9-10-23(22)27-11-3-2-4-12-27/h5-10,17-18H,2-4,11-16H2,1H3,(H,26,29)/t18-/m0/s1. The Hall–Kier alpha value is -2.49. The molecule has 0 aromatic heterocycles. The van der Waals surface area contributed by atoms with Crippen molar-refractivity contribution in [2.75, 3.05) is 44.3 Å². The molecule has 0 bridgehead atoms. The van der Waals surface area contributed by atoms with E-state index in [1.54, 1.807) is 24.3 Å². The third-order valence-corrected chi connectivity index (χ3v) is 8.13. The second-order valence-electron chi connectivity index (χ2n) is 8.49. The number of sulfonamides is 1. The van der Waals surface area contributed by atoms with Crippen LogP contribution < -0.4 is 10.2 Å². The summed E-state index contributed by atoms with van der Waals surface area (Å²) in [6.45, 7) is 4.76. The molecule has 2 fully saturated rings. The lowest BCUT2D eigenvalue weighted by Gasteiger charge is -2.31. The molecule has 2 heterocycles. The summed E-state index contributed by atoms with van der Waals surface area (Å²) in [5.41, 5.74) is 1.83. The normalized spacial score (nSPS) is 18.7. The van der Waals surface area contributed by atoms with Gasteiger partial charge in [-0.2, -0.15) is 4.31 Å². The van der Waals surface area contributed by atoms with Gasteiger partial charge in [0, 0.05) is 31.9 Å². The van der Waals surface area contributed by atoms with Gasteiger partial charge in [0.15, 0.2) is 0 Å². The Morgan fingerprint density at radius 2 is 1.67 bits per heavy atom. The fourth-order valence-corrected chi connectivity index (χ4v) is 5.75. The van der Waals surface area contributed by atoms with Crippen LogP contribution in [0.1, 0.15) is 48.1 Å². The number of carbonyl (C=O) groups excluding carboxylic acids is 1. The molecule has 4 rings (SSSR count). The Labute approximate surface area is 194 Å². The number of ether oxygens (including phenoxy) is 1. The van der Waals surface area contributed by atoms with Crippen molar-refractivity contribution >= 4 is 21.6 Å². The highest BCUT2D eigenvalue weighted by atomic mass is 32.2. The van der Waals surface area contributed by atoms with Crippen molar-refractivity contribution < 1.29 is 22.3 Å². The van der Waals surface area contributed by atoms with E-state index in [-0.39, 0.29) is 22.7 Å². The van der Waals surface area contributed by atoms with Gasteiger partial charge in [-0.25, -0.2) is 12.8 Å². The molecule has 178 valence electrons. The lowest BCUT2D eigenvalue weighted by Crippen LogP contribution is -2.40. The van der Waals surface area contributed by atoms with Crippen molar-refractivity contribution in [3.8, 4) is 0 Å². The van der Waals surface area contributed by atoms with E-state index in [1.165, 1.54) is 22.5 Å². The number of nitrogens with one attached hydrogen (secondary N) is 1. The van der Waals surface area contributed by atoms with Crippen molar-refractivity contribution in [3.63, 3.8) is 0 Å². The first-order valence-corrected chi connectivity index (χ1v) is 12.8. The van der Waals surface area contributed by atoms with Gasteiger partial charge in [-0.15, -0.1) is 0 Å². The number of benzene rings is 2. The van der Waals surface area contributed by atoms with Gasteiger partial charge in [0.2, 0.25) is 10.0 Å². The molecule has 0 radical (unpaired) electrons. The molecule has 2 aliphatic heterocycles. The zero-order valence-corrected chi connectivity index (χ0v) is 19.6. The largest absolute Gasteiger partial charge is 0.379 e. The second kappa shape index (κ2) is 10.2. The monoisotopic (exact) mass is 475 g/mol. The number of hydrogen-bond acceptors (Lipinski definition) is 5. The summed E-state index contributed by atoms with van der Waals surface area (Å²) < 4.78 is 46.4. The Kier molecular flexibility index (Phi) is 7.31. The summed E-state index contributed by atoms with van der Waals surface area (Å²) in [4.78, 5) is 15.6. The van der Waals surface area contributed by atoms with E-state index in [0.29, 0.717) is 31.9 Å². The molecular formula is C24H30FN3O4S. The van der Waals surface area contributed by atoms with Gasteiger partial charge in [0.1, 0.15) is 5.82 Å². The van der Waals surface area contributed by atoms with Crippen LogP contribution >= 0.6 is 0 Å². The molecule has 2 aromatic rings. The number of amides is 1. The Balaban J connectivity index is 1.65. The molecule has 2 saturated heterocycles. The number of anilines is 1. The van der Waals surface area contributed by atoms with E-state index in [2.05, 4.69) is 10.2 Å². The minimum Gasteiger partial charge on any atom is -0.379 e. The Bertz CT molecular complexity index is 1080. The average Bonchev–Trinajstić information content (AvgIpc) is 2.85. The third-order valence-electron chi connectivity index (χ3n) is 6.23. The third kappa shape index (κ3) is 5.37. The van der Waals surface area contributed by atoms with Gasteiger partial charge in [-0.05, 0) is 62.1 Å². The van der Waals surface area contributed by atoms with Gasteiger partial charge in [0.05, 0.1) is 29.7 Å². The SMILES string of the molecule is C[C@H](NC(=O)c1cc(S(=O)(=O)N2CCOCC2)ccc1N1CCCCC1)c1ccc(F)cc1. The fourth-order valence-electron chi connectivity index (χ4n) is 4.31. The van der Waals surface area contributed by atoms with Crippen molar-refractivity contribution in [2.24, 2.45) is 0 Å². The molecule has 7 nitrogen and oxygen atoms in total. The van der Waals surface area contributed by atoms with Crippen molar-refractivity contribution in [1.29, 1.82) is 0 Å². The smallest absolute Gasteiger partial charge is 0.253 e. The van der Waals surface area contributed by atoms with Crippen LogP contribution in [0.3, 0.4) is 0 Å². The average molecular weight is 476 g/mol. The zero-order chi connectivity index (χ0) is 23.4. The Morgan fingerprint density at radius 1 is 1.00 bits per heavy atom. The number of halogens is 1. The molecule has 9 heteroatoms. The second-order valence-corrected chi connectivity index (χ2v) is 10.4. The Morgan fingerprint density at radius 3 is 2.33 bits per heavy atom. The number of morpholine rings is 1. The minimum atomic E-state index is -3.74. The number of hydrogen-bond donors (Lipinski definition) is 1. The van der Waals surface area contributed by atoms with Crippen LogP contribution in [0.5, 0.6) is 0 Å². The molecule has 0 saturated carbocycles. The predicted molar refractivity (Wildman–Crippen MR) is 124 cm³/mol. The summed E-state index contributed by atoms with van der Waals surface area (Å²) in [7, 11) is -3.74. The van der Waals surface area contributed by atoms with Crippen LogP contribution in [0.2, 0.25) is 0 Å². The highest BCUT2D eigenvalue weighted by Crippen LogP contribution is 2.29. The molecule has 2 aromatic carbocycles. The van der Waals surface area contributed by atoms with E-state index >= 15 is 0 Å². The molecule has 2 aliphatic rings. The summed E-state index contributed by atoms with van der Waals surface area (Å²) in [5.74, 6) is -0.697. The van der Waals surface area contributed by atoms with Crippen LogP contribution in [0.4, 0.5) is 10.1 Å². The van der Waals surface area contributed by atoms with Gasteiger partial charge < -0.3 is 15.0 Å². The van der Waals surface area contributed by atoms with Crippen molar-refractivity contribution in [3.05, 3.63) is 59.4 Å². The van der Waals surface area contributed by atoms with Crippen molar-refractivity contribution in [1.82, 2.24) is 9.62 Å². The fraction of sp³-hybridized carbons (Fsp3) is 0.458. The maximum Gasteiger partial charge on any atom is 0.253 e. The molecule has 0 aliphatic carbocycles. The molecule has 0 spiro atoms. The van der Waals surface area contributed by atoms with E-state index in [1.807, 2.05) is 6.92 Å². The first-order valence-electron chi connectivity index (χ1n) is 11.4. The molecule has 1 N–H and O–H groups in total. The quantitative estimate of drug-likeness (QED) is 0.694. The molecular weight excluding hydrogens is 445 g/mol. The van der Waals surface area contributed by atoms with Gasteiger partial charge in [-0.3, -0.25) is 4.79 Å². The number of piperidine rings is 1. The summed E-state index contributed by atoms with van der Waals surface area (Å²) in [5, 5.41) is 2.95. The summed E-state index contributed by atoms with van der Waals surface area (Å²) >= 11 is 0. The van der Waals surface area contributed by atoms with Crippen LogP contribution in [-0.2, 0) is 14.8 Å². The van der Waals surface area contributed by atoms with Gasteiger partial charge in [0.25, 0.3) is 5.91 Å². The maximum absolute atomic E-state index is 13.4. The topological polar surface area (TPSA) is 79.0 Å². The lowest BCUT2D eigenvalue weighted by molar-refractivity contribution is 0.0730. The van der Waals surface area contributed by atoms with E-state index in [4.69, 9.17) is 4.74 Å². The number of carbonyl (C=O) groups is 1. The van der Waals surface area contributed by atoms with E-state index < -0.39 is 10.0 Å². The summed E-state index contributed by atoms with van der Waals surface area (Å²) in [6, 6.07) is 10.4. The van der Waals surface area contributed by atoms with Gasteiger partial charge in [-0.1, -0.05) is 12.1 Å². The molecule has 1 atom stereocenters. The number of nitrogens with zero attached hydrogens (tertiary/aromatic N) is 2. The van der Waals surface area contributed by atoms with E-state index in [9.17, 15) is 17.6 Å². The molecule has 1 amide bonds. The highest BCUT2D eigenvalue weighted by Gasteiger charge is 2.29. The lowest BCUT2D eigenvalue weighted by atomic mass is 10.0. The maximum atomic E-state index is 13.4. The van der Waals surface area contributed by atoms with Crippen molar-refractivity contribution in [2.45, 2.75) is 37.1 Å². The highest BCUT2D eigenvalue weighted by molar-refractivity contribution is 7.89. The number of rotatable bonds is 6. The van der Waals surface area contributed by atoms with Gasteiger partial charge >= 0.3 is 0 Å². The first-order chi connectivity index (χ1) is 15.9. The van der Waals surface area contributed by atoms with Crippen LogP contribution in [0, 0.1) is 5.82 Å².